The van der Waals surface area contributed by atoms with Gasteiger partial charge in [-0.15, -0.1) is 0 Å². The van der Waals surface area contributed by atoms with Gasteiger partial charge < -0.3 is 9.84 Å². The molecule has 0 saturated heterocycles. The first-order chi connectivity index (χ1) is 9.41. The summed E-state index contributed by atoms with van der Waals surface area (Å²) in [7, 11) is -1.49. The normalized spacial score (nSPS) is 25.1. The molecule has 1 aliphatic rings. The van der Waals surface area contributed by atoms with Gasteiger partial charge in [-0.1, -0.05) is 6.42 Å². The van der Waals surface area contributed by atoms with Crippen molar-refractivity contribution in [3.05, 3.63) is 23.9 Å². The Morgan fingerprint density at radius 1 is 1.40 bits per heavy atom. The molecule has 5 nitrogen and oxygen atoms in total. The standard InChI is InChI=1S/C14H21NO4S/c1-19-13-7-6-11(9-15-13)14(16)10-4-3-5-12(8-10)20(2,17)18/h6-7,9-10,12,14,16H,3-5,8H2,1-2H3. The van der Waals surface area contributed by atoms with E-state index in [-0.39, 0.29) is 11.2 Å². The summed E-state index contributed by atoms with van der Waals surface area (Å²) >= 11 is 0. The minimum absolute atomic E-state index is 0.0290. The first-order valence-electron chi connectivity index (χ1n) is 6.78. The molecule has 1 N–H and O–H groups in total. The minimum atomic E-state index is -3.03. The van der Waals surface area contributed by atoms with Gasteiger partial charge >= 0.3 is 0 Å². The fraction of sp³-hybridized carbons (Fsp3) is 0.643. The summed E-state index contributed by atoms with van der Waals surface area (Å²) < 4.78 is 28.3. The lowest BCUT2D eigenvalue weighted by Crippen LogP contribution is -2.30. The predicted octanol–water partition coefficient (Wildman–Crippen LogP) is 1.73. The first kappa shape index (κ1) is 15.3. The SMILES string of the molecule is COc1ccc(C(O)C2CCCC(S(C)(=O)=O)C2)cn1. The van der Waals surface area contributed by atoms with Crippen LogP contribution in [0.1, 0.15) is 37.4 Å². The van der Waals surface area contributed by atoms with Crippen molar-refractivity contribution in [1.82, 2.24) is 4.98 Å². The number of aliphatic hydroxyl groups excluding tert-OH is 1. The van der Waals surface area contributed by atoms with Gasteiger partial charge in [0.05, 0.1) is 18.5 Å². The van der Waals surface area contributed by atoms with E-state index < -0.39 is 15.9 Å². The van der Waals surface area contributed by atoms with Gasteiger partial charge in [-0.05, 0) is 36.8 Å². The first-order valence-corrected chi connectivity index (χ1v) is 8.74. The molecule has 112 valence electrons. The Kier molecular flexibility index (Phi) is 4.65. The highest BCUT2D eigenvalue weighted by atomic mass is 32.2. The molecule has 0 amide bonds. The number of nitrogens with zero attached hydrogens (tertiary/aromatic N) is 1. The Hall–Kier alpha value is -1.14. The average molecular weight is 299 g/mol. The third-order valence-corrected chi connectivity index (χ3v) is 5.67. The maximum atomic E-state index is 11.7. The summed E-state index contributed by atoms with van der Waals surface area (Å²) in [6.45, 7) is 0. The van der Waals surface area contributed by atoms with Crippen molar-refractivity contribution in [3.8, 4) is 5.88 Å². The van der Waals surface area contributed by atoms with Crippen LogP contribution in [0.3, 0.4) is 0 Å². The predicted molar refractivity (Wildman–Crippen MR) is 76.3 cm³/mol. The molecular formula is C14H21NO4S. The summed E-state index contributed by atoms with van der Waals surface area (Å²) in [5.41, 5.74) is 0.713. The minimum Gasteiger partial charge on any atom is -0.481 e. The van der Waals surface area contributed by atoms with E-state index in [2.05, 4.69) is 4.98 Å². The summed E-state index contributed by atoms with van der Waals surface area (Å²) in [6.07, 6.45) is 5.10. The monoisotopic (exact) mass is 299 g/mol. The summed E-state index contributed by atoms with van der Waals surface area (Å²) in [5, 5.41) is 10.1. The Labute approximate surface area is 119 Å². The topological polar surface area (TPSA) is 76.5 Å². The molecule has 0 aromatic carbocycles. The van der Waals surface area contributed by atoms with Gasteiger partial charge in [0, 0.05) is 18.5 Å². The molecule has 20 heavy (non-hydrogen) atoms. The third-order valence-electron chi connectivity index (χ3n) is 4.03. The van der Waals surface area contributed by atoms with E-state index in [1.165, 1.54) is 13.4 Å². The van der Waals surface area contributed by atoms with E-state index in [9.17, 15) is 13.5 Å². The van der Waals surface area contributed by atoms with Gasteiger partial charge in [-0.2, -0.15) is 0 Å². The van der Waals surface area contributed by atoms with Crippen LogP contribution < -0.4 is 4.74 Å². The van der Waals surface area contributed by atoms with Crippen molar-refractivity contribution < 1.29 is 18.3 Å². The Morgan fingerprint density at radius 3 is 2.70 bits per heavy atom. The van der Waals surface area contributed by atoms with Crippen molar-refractivity contribution in [2.45, 2.75) is 37.0 Å². The molecule has 1 aromatic heterocycles. The lowest BCUT2D eigenvalue weighted by molar-refractivity contribution is 0.0853. The largest absolute Gasteiger partial charge is 0.481 e. The van der Waals surface area contributed by atoms with E-state index in [0.29, 0.717) is 24.3 Å². The molecule has 1 fully saturated rings. The van der Waals surface area contributed by atoms with Crippen LogP contribution >= 0.6 is 0 Å². The van der Waals surface area contributed by atoms with Gasteiger partial charge in [0.1, 0.15) is 9.84 Å². The Bertz CT molecular complexity index is 541. The van der Waals surface area contributed by atoms with E-state index in [1.807, 2.05) is 0 Å². The number of hydrogen-bond acceptors (Lipinski definition) is 5. The van der Waals surface area contributed by atoms with Crippen molar-refractivity contribution in [1.29, 1.82) is 0 Å². The molecule has 1 heterocycles. The highest BCUT2D eigenvalue weighted by Gasteiger charge is 2.33. The van der Waals surface area contributed by atoms with E-state index in [4.69, 9.17) is 4.74 Å². The van der Waals surface area contributed by atoms with Gasteiger partial charge in [0.25, 0.3) is 0 Å². The molecule has 1 aliphatic carbocycles. The van der Waals surface area contributed by atoms with Crippen LogP contribution in [0.4, 0.5) is 0 Å². The van der Waals surface area contributed by atoms with E-state index in [0.717, 1.165) is 12.8 Å². The van der Waals surface area contributed by atoms with Crippen molar-refractivity contribution in [2.24, 2.45) is 5.92 Å². The van der Waals surface area contributed by atoms with Crippen LogP contribution in [0.25, 0.3) is 0 Å². The van der Waals surface area contributed by atoms with Crippen LogP contribution in [0, 0.1) is 5.92 Å². The van der Waals surface area contributed by atoms with Crippen LogP contribution in [-0.2, 0) is 9.84 Å². The second-order valence-corrected chi connectivity index (χ2v) is 7.78. The molecule has 3 atom stereocenters. The van der Waals surface area contributed by atoms with Gasteiger partial charge in [-0.25, -0.2) is 13.4 Å². The smallest absolute Gasteiger partial charge is 0.212 e. The molecular weight excluding hydrogens is 278 g/mol. The highest BCUT2D eigenvalue weighted by molar-refractivity contribution is 7.91. The third kappa shape index (κ3) is 3.49. The van der Waals surface area contributed by atoms with Gasteiger partial charge in [0.15, 0.2) is 0 Å². The summed E-state index contributed by atoms with van der Waals surface area (Å²) in [6, 6.07) is 3.48. The number of ether oxygens (including phenoxy) is 1. The number of hydrogen-bond donors (Lipinski definition) is 1. The van der Waals surface area contributed by atoms with Crippen molar-refractivity contribution in [3.63, 3.8) is 0 Å². The fourth-order valence-corrected chi connectivity index (χ4v) is 4.01. The summed E-state index contributed by atoms with van der Waals surface area (Å²) in [5.74, 6) is 0.470. The zero-order chi connectivity index (χ0) is 14.8. The average Bonchev–Trinajstić information content (AvgIpc) is 2.46. The maximum Gasteiger partial charge on any atom is 0.212 e. The number of sulfone groups is 1. The fourth-order valence-electron chi connectivity index (χ4n) is 2.82. The van der Waals surface area contributed by atoms with Crippen LogP contribution in [0.15, 0.2) is 18.3 Å². The quantitative estimate of drug-likeness (QED) is 0.916. The summed E-state index contributed by atoms with van der Waals surface area (Å²) in [4.78, 5) is 4.08. The second-order valence-electron chi connectivity index (χ2n) is 5.46. The van der Waals surface area contributed by atoms with Crippen molar-refractivity contribution in [2.75, 3.05) is 13.4 Å². The van der Waals surface area contributed by atoms with Crippen molar-refractivity contribution >= 4 is 9.84 Å². The number of aromatic nitrogens is 1. The van der Waals surface area contributed by atoms with E-state index in [1.54, 1.807) is 18.3 Å². The Balaban J connectivity index is 2.09. The molecule has 1 saturated carbocycles. The molecule has 0 radical (unpaired) electrons. The van der Waals surface area contributed by atoms with Crippen LogP contribution in [0.2, 0.25) is 0 Å². The molecule has 1 aromatic rings. The molecule has 0 aliphatic heterocycles. The number of aliphatic hydroxyl groups is 1. The molecule has 6 heteroatoms. The number of pyridine rings is 1. The zero-order valence-electron chi connectivity index (χ0n) is 11.8. The lowest BCUT2D eigenvalue weighted by atomic mass is 9.83. The second kappa shape index (κ2) is 6.10. The zero-order valence-corrected chi connectivity index (χ0v) is 12.6. The molecule has 0 spiro atoms. The van der Waals surface area contributed by atoms with Gasteiger partial charge in [-0.3, -0.25) is 0 Å². The van der Waals surface area contributed by atoms with E-state index >= 15 is 0 Å². The number of methoxy groups -OCH3 is 1. The number of rotatable bonds is 4. The molecule has 3 unspecified atom stereocenters. The molecule has 2 rings (SSSR count). The molecule has 0 bridgehead atoms. The highest BCUT2D eigenvalue weighted by Crippen LogP contribution is 2.36. The van der Waals surface area contributed by atoms with Crippen LogP contribution in [-0.4, -0.2) is 37.1 Å². The maximum absolute atomic E-state index is 11.7. The lowest BCUT2D eigenvalue weighted by Gasteiger charge is -2.31. The van der Waals surface area contributed by atoms with Crippen LogP contribution in [0.5, 0.6) is 5.88 Å². The Morgan fingerprint density at radius 2 is 2.15 bits per heavy atom. The van der Waals surface area contributed by atoms with Gasteiger partial charge in [0.2, 0.25) is 5.88 Å².